The lowest BCUT2D eigenvalue weighted by atomic mass is 10.2. The monoisotopic (exact) mass is 394 g/mol. The molecule has 0 radical (unpaired) electrons. The highest BCUT2D eigenvalue weighted by atomic mass is 15.3. The van der Waals surface area contributed by atoms with Crippen LogP contribution in [-0.4, -0.2) is 42.3 Å². The number of anilines is 1. The molecule has 0 amide bonds. The highest BCUT2D eigenvalue weighted by molar-refractivity contribution is 5.76. The van der Waals surface area contributed by atoms with Gasteiger partial charge in [0.05, 0.1) is 58.7 Å². The molecule has 0 aliphatic rings. The predicted octanol–water partition coefficient (Wildman–Crippen LogP) is 4.62. The first-order valence-corrected chi connectivity index (χ1v) is 10.4. The first-order chi connectivity index (χ1) is 13.9. The maximum atomic E-state index is 4.43. The van der Waals surface area contributed by atoms with E-state index < -0.39 is 0 Å². The molecule has 1 aromatic heterocycles. The average molecular weight is 395 g/mol. The Kier molecular flexibility index (Phi) is 6.33. The number of aryl methyl sites for hydroxylation is 2. The third kappa shape index (κ3) is 4.65. The van der Waals surface area contributed by atoms with Crippen molar-refractivity contribution in [3.63, 3.8) is 0 Å². The Morgan fingerprint density at radius 2 is 1.62 bits per heavy atom. The van der Waals surface area contributed by atoms with Crippen molar-refractivity contribution >= 4 is 28.1 Å². The number of likely N-dealkylation sites (N-methyl/N-ethyl adjacent to an activating group) is 1. The standard InChI is InChI=1S/C23H34N6/c1-7-29(6,8-2)16-15-24-19-9-11-20(12-10-19)25-26-21-13-14-22-23(17-21)28(5)18(3)27(22)4/h9-14,17,24H,7-8,15-16H2,1-6H3/q+2/b26-25+. The molecule has 3 rings (SSSR count). The Labute approximate surface area is 174 Å². The molecular weight excluding hydrogens is 360 g/mol. The lowest BCUT2D eigenvalue weighted by Gasteiger charge is -2.32. The van der Waals surface area contributed by atoms with Crippen LogP contribution < -0.4 is 9.88 Å². The van der Waals surface area contributed by atoms with Gasteiger partial charge in [-0.3, -0.25) is 0 Å². The van der Waals surface area contributed by atoms with E-state index in [1.54, 1.807) is 0 Å². The lowest BCUT2D eigenvalue weighted by molar-refractivity contribution is -0.904. The summed E-state index contributed by atoms with van der Waals surface area (Å²) in [5.74, 6) is 1.20. The molecule has 0 unspecified atom stereocenters. The molecule has 0 saturated heterocycles. The third-order valence-corrected chi connectivity index (χ3v) is 6.31. The van der Waals surface area contributed by atoms with Crippen LogP contribution in [0.2, 0.25) is 0 Å². The van der Waals surface area contributed by atoms with Crippen LogP contribution >= 0.6 is 0 Å². The van der Waals surface area contributed by atoms with E-state index in [1.165, 1.54) is 11.3 Å². The fourth-order valence-electron chi connectivity index (χ4n) is 3.47. The number of fused-ring (bicyclic) bond motifs is 1. The van der Waals surface area contributed by atoms with Gasteiger partial charge in [-0.1, -0.05) is 0 Å². The van der Waals surface area contributed by atoms with Crippen LogP contribution in [0.3, 0.4) is 0 Å². The van der Waals surface area contributed by atoms with Gasteiger partial charge in [0.15, 0.2) is 11.0 Å². The van der Waals surface area contributed by atoms with Crippen molar-refractivity contribution in [3.05, 3.63) is 48.3 Å². The van der Waals surface area contributed by atoms with Gasteiger partial charge in [-0.05, 0) is 50.2 Å². The van der Waals surface area contributed by atoms with Gasteiger partial charge in [-0.25, -0.2) is 9.13 Å². The molecule has 2 aromatic carbocycles. The molecule has 1 N–H and O–H groups in total. The number of nitrogens with zero attached hydrogens (tertiary/aromatic N) is 5. The van der Waals surface area contributed by atoms with Gasteiger partial charge in [0.25, 0.3) is 5.82 Å². The molecule has 1 heterocycles. The molecule has 0 spiro atoms. The summed E-state index contributed by atoms with van der Waals surface area (Å²) in [7, 11) is 6.46. The van der Waals surface area contributed by atoms with E-state index in [0.717, 1.165) is 53.2 Å². The zero-order chi connectivity index (χ0) is 21.0. The second kappa shape index (κ2) is 8.74. The van der Waals surface area contributed by atoms with E-state index in [2.05, 4.69) is 90.9 Å². The Balaban J connectivity index is 1.64. The summed E-state index contributed by atoms with van der Waals surface area (Å²) >= 11 is 0. The van der Waals surface area contributed by atoms with Gasteiger partial charge in [0.2, 0.25) is 0 Å². The number of rotatable bonds is 8. The van der Waals surface area contributed by atoms with E-state index >= 15 is 0 Å². The number of benzene rings is 2. The van der Waals surface area contributed by atoms with Crippen molar-refractivity contribution in [2.75, 3.05) is 38.5 Å². The molecule has 6 nitrogen and oxygen atoms in total. The van der Waals surface area contributed by atoms with Gasteiger partial charge in [0.1, 0.15) is 0 Å². The quantitative estimate of drug-likeness (QED) is 0.338. The van der Waals surface area contributed by atoms with Gasteiger partial charge in [-0.15, -0.1) is 0 Å². The molecule has 0 fully saturated rings. The number of hydrogen-bond donors (Lipinski definition) is 1. The van der Waals surface area contributed by atoms with Crippen molar-refractivity contribution in [2.45, 2.75) is 20.8 Å². The van der Waals surface area contributed by atoms with E-state index in [0.29, 0.717) is 0 Å². The van der Waals surface area contributed by atoms with Crippen LogP contribution in [0.4, 0.5) is 17.1 Å². The second-order valence-electron chi connectivity index (χ2n) is 7.99. The lowest BCUT2D eigenvalue weighted by Crippen LogP contribution is -2.46. The van der Waals surface area contributed by atoms with Crippen molar-refractivity contribution in [1.82, 2.24) is 4.57 Å². The van der Waals surface area contributed by atoms with Crippen LogP contribution in [0.15, 0.2) is 52.7 Å². The van der Waals surface area contributed by atoms with Crippen LogP contribution in [0.1, 0.15) is 19.7 Å². The number of hydrogen-bond acceptors (Lipinski definition) is 3. The number of imidazole rings is 1. The first-order valence-electron chi connectivity index (χ1n) is 10.4. The molecule has 29 heavy (non-hydrogen) atoms. The van der Waals surface area contributed by atoms with Crippen molar-refractivity contribution in [1.29, 1.82) is 0 Å². The topological polar surface area (TPSA) is 45.6 Å². The number of quaternary nitrogens is 1. The minimum absolute atomic E-state index is 0.854. The average Bonchev–Trinajstić information content (AvgIpc) is 2.96. The number of azo groups is 1. The summed E-state index contributed by atoms with van der Waals surface area (Å²) in [5, 5.41) is 12.4. The van der Waals surface area contributed by atoms with E-state index in [-0.39, 0.29) is 0 Å². The van der Waals surface area contributed by atoms with Crippen LogP contribution in [-0.2, 0) is 14.1 Å². The zero-order valence-electron chi connectivity index (χ0n) is 18.6. The smallest absolute Gasteiger partial charge is 0.253 e. The van der Waals surface area contributed by atoms with Crippen LogP contribution in [0.5, 0.6) is 0 Å². The predicted molar refractivity (Wildman–Crippen MR) is 120 cm³/mol. The van der Waals surface area contributed by atoms with Crippen molar-refractivity contribution in [2.24, 2.45) is 24.3 Å². The van der Waals surface area contributed by atoms with Gasteiger partial charge in [-0.2, -0.15) is 10.2 Å². The largest absolute Gasteiger partial charge is 0.379 e. The Morgan fingerprint density at radius 3 is 2.28 bits per heavy atom. The summed E-state index contributed by atoms with van der Waals surface area (Å²) in [6.07, 6.45) is 0. The Morgan fingerprint density at radius 1 is 1.00 bits per heavy atom. The first kappa shape index (κ1) is 21.0. The normalized spacial score (nSPS) is 12.2. The summed E-state index contributed by atoms with van der Waals surface area (Å²) in [4.78, 5) is 0. The molecular formula is C23H34N6+2. The maximum absolute atomic E-state index is 4.43. The molecule has 0 saturated carbocycles. The summed E-state index contributed by atoms with van der Waals surface area (Å²) < 4.78 is 5.45. The Hall–Kier alpha value is -2.73. The van der Waals surface area contributed by atoms with Crippen LogP contribution in [0, 0.1) is 6.92 Å². The summed E-state index contributed by atoms with van der Waals surface area (Å²) in [6.45, 7) is 11.0. The summed E-state index contributed by atoms with van der Waals surface area (Å²) in [5.41, 5.74) is 5.19. The SMILES string of the molecule is CC[N+](C)(CC)CCNc1ccc(/N=N/c2ccc3c(c2)[n+](C)c(C)n3C)cc1. The molecule has 6 heteroatoms. The van der Waals surface area contributed by atoms with E-state index in [1.807, 2.05) is 18.2 Å². The third-order valence-electron chi connectivity index (χ3n) is 6.31. The fraction of sp³-hybridized carbons (Fsp3) is 0.435. The number of aromatic nitrogens is 2. The molecule has 3 aromatic rings. The van der Waals surface area contributed by atoms with E-state index in [4.69, 9.17) is 0 Å². The zero-order valence-corrected chi connectivity index (χ0v) is 18.6. The second-order valence-corrected chi connectivity index (χ2v) is 7.99. The maximum Gasteiger partial charge on any atom is 0.253 e. The number of nitrogens with one attached hydrogen (secondary N) is 1. The highest BCUT2D eigenvalue weighted by Crippen LogP contribution is 2.23. The molecule has 0 bridgehead atoms. The summed E-state index contributed by atoms with van der Waals surface area (Å²) in [6, 6.07) is 14.3. The van der Waals surface area contributed by atoms with Gasteiger partial charge in [0, 0.05) is 18.7 Å². The fourth-order valence-corrected chi connectivity index (χ4v) is 3.47. The van der Waals surface area contributed by atoms with Crippen LogP contribution in [0.25, 0.3) is 11.0 Å². The molecule has 154 valence electrons. The van der Waals surface area contributed by atoms with E-state index in [9.17, 15) is 0 Å². The Bertz CT molecular complexity index is 996. The molecule has 0 atom stereocenters. The van der Waals surface area contributed by atoms with Gasteiger partial charge < -0.3 is 9.80 Å². The minimum Gasteiger partial charge on any atom is -0.379 e. The molecule has 0 aliphatic carbocycles. The van der Waals surface area contributed by atoms with Gasteiger partial charge >= 0.3 is 0 Å². The molecule has 0 aliphatic heterocycles. The van der Waals surface area contributed by atoms with Crippen molar-refractivity contribution < 1.29 is 9.05 Å². The highest BCUT2D eigenvalue weighted by Gasteiger charge is 2.16. The van der Waals surface area contributed by atoms with Crippen molar-refractivity contribution in [3.8, 4) is 0 Å². The minimum atomic E-state index is 0.854.